The van der Waals surface area contributed by atoms with Crippen LogP contribution in [0.5, 0.6) is 0 Å². The minimum atomic E-state index is -0.186. The zero-order valence-corrected chi connectivity index (χ0v) is 12.8. The quantitative estimate of drug-likeness (QED) is 0.648. The summed E-state index contributed by atoms with van der Waals surface area (Å²) in [6.07, 6.45) is 5.72. The van der Waals surface area contributed by atoms with Gasteiger partial charge in [-0.2, -0.15) is 0 Å². The highest BCUT2D eigenvalue weighted by atomic mass is 16.1. The van der Waals surface area contributed by atoms with Gasteiger partial charge in [-0.1, -0.05) is 0 Å². The fraction of sp³-hybridized carbons (Fsp3) is 0.312. The predicted octanol–water partition coefficient (Wildman–Crippen LogP) is 1.44. The topological polar surface area (TPSA) is 71.3 Å². The van der Waals surface area contributed by atoms with Gasteiger partial charge in [-0.3, -0.25) is 9.78 Å². The molecule has 0 unspecified atom stereocenters. The van der Waals surface area contributed by atoms with Crippen LogP contribution >= 0.6 is 0 Å². The minimum Gasteiger partial charge on any atom is -0.367 e. The van der Waals surface area contributed by atoms with E-state index in [1.807, 2.05) is 23.7 Å². The molecule has 6 heteroatoms. The maximum atomic E-state index is 12.4. The van der Waals surface area contributed by atoms with Gasteiger partial charge in [0.1, 0.15) is 11.4 Å². The first kappa shape index (κ1) is 14.3. The maximum absolute atomic E-state index is 12.4. The van der Waals surface area contributed by atoms with E-state index in [0.717, 1.165) is 29.4 Å². The van der Waals surface area contributed by atoms with E-state index >= 15 is 0 Å². The molecule has 6 nitrogen and oxygen atoms in total. The Balaban J connectivity index is 2.19. The first-order chi connectivity index (χ1) is 10.7. The van der Waals surface area contributed by atoms with Gasteiger partial charge in [0.2, 0.25) is 0 Å². The van der Waals surface area contributed by atoms with Crippen LogP contribution in [0.25, 0.3) is 16.5 Å². The van der Waals surface area contributed by atoms with Crippen LogP contribution in [0.4, 0.5) is 0 Å². The summed E-state index contributed by atoms with van der Waals surface area (Å²) in [4.78, 5) is 20.6. The zero-order chi connectivity index (χ0) is 15.7. The molecule has 0 bridgehead atoms. The van der Waals surface area contributed by atoms with Gasteiger partial charge in [0.15, 0.2) is 0 Å². The minimum absolute atomic E-state index is 0.186. The second-order valence-corrected chi connectivity index (χ2v) is 5.40. The Morgan fingerprint density at radius 1 is 1.50 bits per heavy atom. The van der Waals surface area contributed by atoms with Gasteiger partial charge in [-0.15, -0.1) is 0 Å². The molecule has 22 heavy (non-hydrogen) atoms. The lowest BCUT2D eigenvalue weighted by Crippen LogP contribution is -2.26. The smallest absolute Gasteiger partial charge is 0.256 e. The van der Waals surface area contributed by atoms with Crippen molar-refractivity contribution in [3.05, 3.63) is 36.0 Å². The second kappa shape index (κ2) is 5.63. The maximum Gasteiger partial charge on any atom is 0.256 e. The number of likely N-dealkylation sites (N-methyl/N-ethyl adjacent to an activating group) is 1. The number of nitrogens with zero attached hydrogens (tertiary/aromatic N) is 3. The molecule has 3 rings (SSSR count). The summed E-state index contributed by atoms with van der Waals surface area (Å²) in [7, 11) is 3.53. The van der Waals surface area contributed by atoms with Crippen LogP contribution in [0.15, 0.2) is 35.3 Å². The number of nitrogens with one attached hydrogen (secondary N) is 2. The van der Waals surface area contributed by atoms with Crippen molar-refractivity contribution in [1.82, 2.24) is 20.2 Å². The Bertz CT molecular complexity index is 770. The van der Waals surface area contributed by atoms with E-state index in [9.17, 15) is 4.79 Å². The van der Waals surface area contributed by atoms with Crippen molar-refractivity contribution in [3.63, 3.8) is 0 Å². The Labute approximate surface area is 128 Å². The third kappa shape index (κ3) is 2.47. The Kier molecular flexibility index (Phi) is 3.66. The lowest BCUT2D eigenvalue weighted by Gasteiger charge is -2.13. The van der Waals surface area contributed by atoms with Crippen molar-refractivity contribution in [1.29, 1.82) is 0 Å². The third-order valence-corrected chi connectivity index (χ3v) is 3.87. The molecule has 0 radical (unpaired) electrons. The monoisotopic (exact) mass is 297 g/mol. The molecule has 114 valence electrons. The summed E-state index contributed by atoms with van der Waals surface area (Å²) in [5.41, 5.74) is 2.26. The number of aliphatic imine (C=N–C) groups is 1. The highest BCUT2D eigenvalue weighted by Gasteiger charge is 2.26. The van der Waals surface area contributed by atoms with Crippen molar-refractivity contribution in [2.75, 3.05) is 7.05 Å². The fourth-order valence-corrected chi connectivity index (χ4v) is 2.50. The third-order valence-electron chi connectivity index (χ3n) is 3.87. The molecule has 0 spiro atoms. The van der Waals surface area contributed by atoms with Crippen molar-refractivity contribution >= 4 is 29.1 Å². The highest BCUT2D eigenvalue weighted by Crippen LogP contribution is 2.28. The van der Waals surface area contributed by atoms with Gasteiger partial charge < -0.3 is 15.2 Å². The van der Waals surface area contributed by atoms with Gasteiger partial charge >= 0.3 is 0 Å². The van der Waals surface area contributed by atoms with E-state index in [1.165, 1.54) is 0 Å². The molecule has 0 atom stereocenters. The van der Waals surface area contributed by atoms with Gasteiger partial charge in [0.05, 0.1) is 17.4 Å². The van der Waals surface area contributed by atoms with Crippen molar-refractivity contribution in [3.8, 4) is 0 Å². The zero-order valence-electron chi connectivity index (χ0n) is 12.8. The van der Waals surface area contributed by atoms with E-state index < -0.39 is 0 Å². The van der Waals surface area contributed by atoms with E-state index in [2.05, 4.69) is 27.3 Å². The van der Waals surface area contributed by atoms with Crippen molar-refractivity contribution < 1.29 is 4.79 Å². The van der Waals surface area contributed by atoms with Gasteiger partial charge in [0, 0.05) is 31.7 Å². The van der Waals surface area contributed by atoms with E-state index in [1.54, 1.807) is 19.4 Å². The molecule has 2 aromatic rings. The van der Waals surface area contributed by atoms with Gasteiger partial charge in [-0.25, -0.2) is 4.99 Å². The van der Waals surface area contributed by atoms with Crippen LogP contribution < -0.4 is 10.6 Å². The van der Waals surface area contributed by atoms with Crippen molar-refractivity contribution in [2.24, 2.45) is 12.0 Å². The van der Waals surface area contributed by atoms with Crippen LogP contribution in [-0.2, 0) is 11.8 Å². The second-order valence-electron chi connectivity index (χ2n) is 5.40. The van der Waals surface area contributed by atoms with Gasteiger partial charge in [-0.05, 0) is 31.7 Å². The number of pyridine rings is 1. The lowest BCUT2D eigenvalue weighted by atomic mass is 10.1. The molecule has 2 heterocycles. The number of aryl methyl sites for hydroxylation is 1. The predicted molar refractivity (Wildman–Crippen MR) is 87.4 cm³/mol. The molecule has 0 aliphatic heterocycles. The number of carbonyl (C=O) groups excluding carboxylic acids is 1. The Morgan fingerprint density at radius 3 is 2.86 bits per heavy atom. The van der Waals surface area contributed by atoms with Crippen LogP contribution in [0, 0.1) is 0 Å². The van der Waals surface area contributed by atoms with E-state index in [0.29, 0.717) is 17.4 Å². The summed E-state index contributed by atoms with van der Waals surface area (Å²) in [5.74, 6) is 0.343. The molecule has 1 amide bonds. The molecular formula is C16H19N5O. The standard InChI is InChI=1S/C16H19N5O/c1-17-15(20-11-4-5-11)14(16(22)18-2)12-8-10-6-7-19-9-13(10)21(12)3/h6-9,11,20H,1,4-5H2,2-3H3,(H,18,22)/b15-14+. The number of rotatable bonds is 5. The van der Waals surface area contributed by atoms with E-state index in [4.69, 9.17) is 0 Å². The summed E-state index contributed by atoms with van der Waals surface area (Å²) >= 11 is 0. The van der Waals surface area contributed by atoms with Crippen LogP contribution in [0.3, 0.4) is 0 Å². The van der Waals surface area contributed by atoms with Crippen LogP contribution in [0.1, 0.15) is 18.5 Å². The van der Waals surface area contributed by atoms with E-state index in [-0.39, 0.29) is 5.91 Å². The number of aromatic nitrogens is 2. The summed E-state index contributed by atoms with van der Waals surface area (Å²) in [6, 6.07) is 4.29. The first-order valence-corrected chi connectivity index (χ1v) is 7.25. The molecule has 1 aliphatic carbocycles. The lowest BCUT2D eigenvalue weighted by molar-refractivity contribution is -0.115. The molecule has 2 N–H and O–H groups in total. The number of amides is 1. The highest BCUT2D eigenvalue weighted by molar-refractivity contribution is 6.20. The number of fused-ring (bicyclic) bond motifs is 1. The van der Waals surface area contributed by atoms with Crippen LogP contribution in [0.2, 0.25) is 0 Å². The van der Waals surface area contributed by atoms with Crippen molar-refractivity contribution in [2.45, 2.75) is 18.9 Å². The number of carbonyl (C=O) groups is 1. The normalized spacial score (nSPS) is 15.4. The molecule has 1 saturated carbocycles. The summed E-state index contributed by atoms with van der Waals surface area (Å²) in [5, 5.41) is 7.01. The fourth-order valence-electron chi connectivity index (χ4n) is 2.50. The largest absolute Gasteiger partial charge is 0.367 e. The number of hydrogen-bond donors (Lipinski definition) is 2. The molecule has 1 aliphatic rings. The molecule has 2 aromatic heterocycles. The van der Waals surface area contributed by atoms with Gasteiger partial charge in [0.25, 0.3) is 5.91 Å². The SMILES string of the molecule is C=N/C(NC1CC1)=C(\C(=O)NC)c1cc2ccncc2n1C. The summed E-state index contributed by atoms with van der Waals surface area (Å²) in [6.45, 7) is 3.62. The Hall–Kier alpha value is -2.63. The average molecular weight is 297 g/mol. The molecular weight excluding hydrogens is 278 g/mol. The average Bonchev–Trinajstić information content (AvgIpc) is 3.30. The van der Waals surface area contributed by atoms with Crippen LogP contribution in [-0.4, -0.2) is 35.3 Å². The summed E-state index contributed by atoms with van der Waals surface area (Å²) < 4.78 is 1.95. The number of hydrogen-bond acceptors (Lipinski definition) is 4. The first-order valence-electron chi connectivity index (χ1n) is 7.25. The molecule has 0 saturated heterocycles. The molecule has 1 fully saturated rings. The molecule has 0 aromatic carbocycles. The Morgan fingerprint density at radius 2 is 2.27 bits per heavy atom.